The quantitative estimate of drug-likeness (QED) is 0.415. The molecule has 0 bridgehead atoms. The Labute approximate surface area is 126 Å². The van der Waals surface area contributed by atoms with Gasteiger partial charge < -0.3 is 13.8 Å². The van der Waals surface area contributed by atoms with Crippen LogP contribution in [0, 0.1) is 13.8 Å². The summed E-state index contributed by atoms with van der Waals surface area (Å²) in [7, 11) is 0. The van der Waals surface area contributed by atoms with Gasteiger partial charge in [0.05, 0.1) is 0 Å². The van der Waals surface area contributed by atoms with E-state index < -0.39 is 0 Å². The molecule has 1 radical (unpaired) electrons. The summed E-state index contributed by atoms with van der Waals surface area (Å²) in [5.74, 6) is 0. The molecule has 0 aromatic rings. The molecule has 0 heterocycles. The van der Waals surface area contributed by atoms with E-state index in [0.29, 0.717) is 0 Å². The summed E-state index contributed by atoms with van der Waals surface area (Å²) in [5, 5.41) is 0. The van der Waals surface area contributed by atoms with Crippen molar-refractivity contribution in [1.82, 2.24) is 0 Å². The Hall–Kier alpha value is 1.10. The maximum atomic E-state index is 3.49. The van der Waals surface area contributed by atoms with Gasteiger partial charge in [0.25, 0.3) is 0 Å². The molecule has 0 saturated carbocycles. The van der Waals surface area contributed by atoms with Gasteiger partial charge in [-0.25, -0.2) is 0 Å². The monoisotopic (exact) mass is 289 g/mol. The summed E-state index contributed by atoms with van der Waals surface area (Å²) in [4.78, 5) is 0. The summed E-state index contributed by atoms with van der Waals surface area (Å²) in [5.41, 5.74) is 0. The summed E-state index contributed by atoms with van der Waals surface area (Å²) >= 11 is 0. The van der Waals surface area contributed by atoms with Crippen molar-refractivity contribution in [3.8, 4) is 0 Å². The minimum absolute atomic E-state index is 0. The fourth-order valence-corrected chi connectivity index (χ4v) is 0. The van der Waals surface area contributed by atoms with Crippen LogP contribution in [0.2, 0.25) is 0 Å². The van der Waals surface area contributed by atoms with E-state index in [1.54, 1.807) is 6.92 Å². The summed E-state index contributed by atoms with van der Waals surface area (Å²) in [6, 6.07) is 0. The first-order chi connectivity index (χ1) is 2.41. The van der Waals surface area contributed by atoms with E-state index in [4.69, 9.17) is 0 Å². The third-order valence-electron chi connectivity index (χ3n) is 0. The van der Waals surface area contributed by atoms with Crippen LogP contribution in [0.1, 0.15) is 79.7 Å². The molecule has 0 saturated heterocycles. The molecule has 0 aliphatic rings. The van der Waals surface area contributed by atoms with Gasteiger partial charge in [0.1, 0.15) is 0 Å². The van der Waals surface area contributed by atoms with Crippen molar-refractivity contribution < 1.29 is 32.7 Å². The normalized spacial score (nSPS) is 1.71. The molecule has 1 heteroatoms. The fraction of sp³-hybridized carbons (Fsp3) is 0.846. The van der Waals surface area contributed by atoms with Gasteiger partial charge in [0.2, 0.25) is 0 Å². The van der Waals surface area contributed by atoms with Crippen LogP contribution in [0.25, 0.3) is 0 Å². The summed E-state index contributed by atoms with van der Waals surface area (Å²) in [6.45, 7) is 10.5. The Bertz CT molecular complexity index is 5.20. The Balaban J connectivity index is -0.000000000884. The molecule has 0 amide bonds. The van der Waals surface area contributed by atoms with Gasteiger partial charge in [-0.3, -0.25) is 0 Å². The van der Waals surface area contributed by atoms with Crippen molar-refractivity contribution in [2.75, 3.05) is 0 Å². The van der Waals surface area contributed by atoms with Crippen LogP contribution in [-0.2, 0) is 32.7 Å². The van der Waals surface area contributed by atoms with Gasteiger partial charge >= 0.3 is 0 Å². The first-order valence-corrected chi connectivity index (χ1v) is 1.91. The molecular weight excluding hydrogens is 245 g/mol. The molecule has 0 aromatic carbocycles. The van der Waals surface area contributed by atoms with Crippen LogP contribution < -0.4 is 0 Å². The van der Waals surface area contributed by atoms with E-state index in [-0.39, 0.29) is 92.1 Å². The predicted octanol–water partition coefficient (Wildman–Crippen LogP) is 7.16. The van der Waals surface area contributed by atoms with E-state index >= 15 is 0 Å². The molecule has 0 aromatic heterocycles. The largest absolute Gasteiger partial charge is 0.346 e. The molecule has 0 N–H and O–H groups in total. The first-order valence-electron chi connectivity index (χ1n) is 1.91. The minimum atomic E-state index is 0. The van der Waals surface area contributed by atoms with E-state index in [0.717, 1.165) is 6.42 Å². The van der Waals surface area contributed by atoms with Crippen molar-refractivity contribution in [2.24, 2.45) is 0 Å². The zero-order valence-corrected chi connectivity index (χ0v) is 7.54. The maximum absolute atomic E-state index is 3.49. The molecule has 0 fully saturated rings. The Morgan fingerprint density at radius 3 is 0.643 bits per heavy atom. The molecule has 0 spiro atoms. The van der Waals surface area contributed by atoms with Crippen LogP contribution in [0.5, 0.6) is 0 Å². The Kier molecular flexibility index (Phi) is 6970. The molecule has 0 aliphatic heterocycles. The number of rotatable bonds is 0. The van der Waals surface area contributed by atoms with Gasteiger partial charge in [-0.2, -0.15) is 13.3 Å². The van der Waals surface area contributed by atoms with Gasteiger partial charge in [-0.1, -0.05) is 66.3 Å². The molecule has 0 rings (SSSR count). The first kappa shape index (κ1) is 178. The third kappa shape index (κ3) is 1580. The molecule has 0 aliphatic carbocycles. The predicted molar refractivity (Wildman–Crippen MR) is 80.5 cm³/mol. The molecule has 14 heavy (non-hydrogen) atoms. The molecule has 0 nitrogen and oxygen atoms in total. The van der Waals surface area contributed by atoms with Gasteiger partial charge in [-0.05, 0) is 0 Å². The second-order valence-corrected chi connectivity index (χ2v) is 0.500. The van der Waals surface area contributed by atoms with Crippen LogP contribution in [0.3, 0.4) is 0 Å². The molecular formula is C13H44Y-2. The average molecular weight is 289 g/mol. The third-order valence-corrected chi connectivity index (χ3v) is 0. The van der Waals surface area contributed by atoms with Gasteiger partial charge in [0.15, 0.2) is 0 Å². The van der Waals surface area contributed by atoms with Crippen molar-refractivity contribution in [3.63, 3.8) is 0 Å². The minimum Gasteiger partial charge on any atom is -0.346 e. The topological polar surface area (TPSA) is 0 Å². The standard InChI is InChI=1S/C3H7.C2H5.8CH4.Y/c1-3-2;1-2;;;;;;;;;/h1,3H2,2H3;1H2,2H3;8*1H4;/q2*-1;;;;;;;;;. The second-order valence-electron chi connectivity index (χ2n) is 0.500. The van der Waals surface area contributed by atoms with E-state index in [2.05, 4.69) is 13.8 Å². The number of hydrogen-bond donors (Lipinski definition) is 0. The zero-order valence-electron chi connectivity index (χ0n) is 4.70. The number of hydrogen-bond acceptors (Lipinski definition) is 0. The smallest absolute Gasteiger partial charge is 0 e. The summed E-state index contributed by atoms with van der Waals surface area (Å²) in [6.07, 6.45) is 1.00. The van der Waals surface area contributed by atoms with E-state index in [1.165, 1.54) is 0 Å². The SMILES string of the molecule is C.C.C.C.C.C.C.C.[CH2-]C.[CH2-]CC.[Y]. The van der Waals surface area contributed by atoms with E-state index in [1.807, 2.05) is 6.92 Å². The van der Waals surface area contributed by atoms with Crippen LogP contribution >= 0.6 is 0 Å². The van der Waals surface area contributed by atoms with Crippen LogP contribution in [-0.4, -0.2) is 0 Å². The Morgan fingerprint density at radius 2 is 0.643 bits per heavy atom. The van der Waals surface area contributed by atoms with Crippen molar-refractivity contribution in [3.05, 3.63) is 13.8 Å². The van der Waals surface area contributed by atoms with Crippen molar-refractivity contribution in [1.29, 1.82) is 0 Å². The molecule has 101 valence electrons. The summed E-state index contributed by atoms with van der Waals surface area (Å²) < 4.78 is 0. The maximum Gasteiger partial charge on any atom is 0 e. The second kappa shape index (κ2) is 547. The van der Waals surface area contributed by atoms with Crippen LogP contribution in [0.4, 0.5) is 0 Å². The van der Waals surface area contributed by atoms with Gasteiger partial charge in [0, 0.05) is 32.7 Å². The average Bonchev–Trinajstić information content (AvgIpc) is 1.46. The van der Waals surface area contributed by atoms with Crippen molar-refractivity contribution in [2.45, 2.75) is 79.7 Å². The zero-order chi connectivity index (χ0) is 4.71. The molecule has 0 unspecified atom stereocenters. The fourth-order valence-electron chi connectivity index (χ4n) is 0. The Morgan fingerprint density at radius 1 is 0.643 bits per heavy atom. The van der Waals surface area contributed by atoms with E-state index in [9.17, 15) is 0 Å². The van der Waals surface area contributed by atoms with Crippen molar-refractivity contribution >= 4 is 0 Å². The van der Waals surface area contributed by atoms with Crippen LogP contribution in [0.15, 0.2) is 0 Å². The molecule has 0 atom stereocenters. The van der Waals surface area contributed by atoms with Gasteiger partial charge in [-0.15, -0.1) is 0 Å².